The minimum Gasteiger partial charge on any atom is -0.508 e. The van der Waals surface area contributed by atoms with E-state index in [-0.39, 0.29) is 26.0 Å². The van der Waals surface area contributed by atoms with Crippen LogP contribution in [0.3, 0.4) is 0 Å². The first-order chi connectivity index (χ1) is 20.1. The predicted octanol–water partition coefficient (Wildman–Crippen LogP) is 8.09. The van der Waals surface area contributed by atoms with Crippen LogP contribution in [-0.4, -0.2) is 54.6 Å². The molecule has 0 spiro atoms. The molecule has 10 heteroatoms. The number of rotatable bonds is 7. The number of aryl methyl sites for hydroxylation is 1. The average Bonchev–Trinajstić information content (AvgIpc) is 3.31. The van der Waals surface area contributed by atoms with Crippen molar-refractivity contribution in [3.05, 3.63) is 82.9 Å². The van der Waals surface area contributed by atoms with Crippen molar-refractivity contribution in [2.75, 3.05) is 26.3 Å². The fourth-order valence-electron chi connectivity index (χ4n) is 5.92. The molecule has 6 rings (SSSR count). The van der Waals surface area contributed by atoms with Gasteiger partial charge < -0.3 is 19.3 Å². The molecule has 0 radical (unpaired) electrons. The molecule has 2 heterocycles. The van der Waals surface area contributed by atoms with Gasteiger partial charge in [0, 0.05) is 19.6 Å². The number of likely N-dealkylation sites (tertiary alicyclic amines) is 1. The molecule has 0 saturated carbocycles. The van der Waals surface area contributed by atoms with Crippen molar-refractivity contribution in [2.45, 2.75) is 57.9 Å². The molecule has 0 unspecified atom stereocenters. The van der Waals surface area contributed by atoms with Crippen LogP contribution in [0.5, 0.6) is 23.0 Å². The number of phenols is 1. The Morgan fingerprint density at radius 1 is 0.884 bits per heavy atom. The highest BCUT2D eigenvalue weighted by Crippen LogP contribution is 2.49. The van der Waals surface area contributed by atoms with Crippen molar-refractivity contribution < 1.29 is 41.3 Å². The summed E-state index contributed by atoms with van der Waals surface area (Å²) < 4.78 is 82.9. The predicted molar refractivity (Wildman–Crippen MR) is 154 cm³/mol. The van der Waals surface area contributed by atoms with Crippen LogP contribution in [0.15, 0.2) is 60.7 Å². The minimum atomic E-state index is -4.82. The lowest BCUT2D eigenvalue weighted by molar-refractivity contribution is -0.391. The van der Waals surface area contributed by atoms with Crippen molar-refractivity contribution in [2.24, 2.45) is 0 Å². The number of alkyl halides is 5. The third-order valence-corrected chi connectivity index (χ3v) is 7.92. The van der Waals surface area contributed by atoms with Gasteiger partial charge in [-0.3, -0.25) is 9.29 Å². The van der Waals surface area contributed by atoms with Gasteiger partial charge in [-0.05, 0) is 102 Å². The summed E-state index contributed by atoms with van der Waals surface area (Å²) in [4.78, 5) is 2.19. The van der Waals surface area contributed by atoms with Crippen molar-refractivity contribution >= 4 is 11.1 Å². The van der Waals surface area contributed by atoms with Gasteiger partial charge in [0.05, 0.1) is 6.67 Å². The van der Waals surface area contributed by atoms with Gasteiger partial charge >= 0.3 is 12.2 Å². The summed E-state index contributed by atoms with van der Waals surface area (Å²) in [6.45, 7) is 1.98. The molecule has 3 aliphatic rings. The SMILES string of the molecule is C.Oc1ccc2c(c1)CCCC(c1ccc3c(c1)OC(F)(F)C(F)(F)O3)=C2c1ccc(O[C@H]2CCN(CCCF)C2)cc1. The highest BCUT2D eigenvalue weighted by molar-refractivity contribution is 6.00. The second-order valence-electron chi connectivity index (χ2n) is 10.8. The summed E-state index contributed by atoms with van der Waals surface area (Å²) in [6, 6.07) is 16.8. The summed E-state index contributed by atoms with van der Waals surface area (Å²) in [6.07, 6.45) is -6.28. The number of hydrogen-bond donors (Lipinski definition) is 1. The Morgan fingerprint density at radius 3 is 2.35 bits per heavy atom. The number of phenolic OH excluding ortho intramolecular Hbond substituents is 1. The topological polar surface area (TPSA) is 51.2 Å². The van der Waals surface area contributed by atoms with Gasteiger partial charge in [-0.15, -0.1) is 0 Å². The van der Waals surface area contributed by atoms with Gasteiger partial charge in [0.15, 0.2) is 11.5 Å². The maximum absolute atomic E-state index is 14.0. The number of aromatic hydroxyl groups is 1. The molecule has 5 nitrogen and oxygen atoms in total. The molecule has 43 heavy (non-hydrogen) atoms. The van der Waals surface area contributed by atoms with Crippen LogP contribution in [0.2, 0.25) is 0 Å². The molecule has 1 N–H and O–H groups in total. The van der Waals surface area contributed by atoms with Crippen LogP contribution in [0.25, 0.3) is 11.1 Å². The second-order valence-corrected chi connectivity index (χ2v) is 10.8. The minimum absolute atomic E-state index is 0. The lowest BCUT2D eigenvalue weighted by Crippen LogP contribution is -2.52. The Labute approximate surface area is 247 Å². The van der Waals surface area contributed by atoms with Crippen LogP contribution in [-0.2, 0) is 6.42 Å². The zero-order valence-electron chi connectivity index (χ0n) is 22.7. The third kappa shape index (κ3) is 6.16. The Morgan fingerprint density at radius 2 is 1.60 bits per heavy atom. The van der Waals surface area contributed by atoms with Crippen LogP contribution >= 0.6 is 0 Å². The zero-order chi connectivity index (χ0) is 29.5. The van der Waals surface area contributed by atoms with Gasteiger partial charge in [0.25, 0.3) is 0 Å². The van der Waals surface area contributed by atoms with E-state index in [2.05, 4.69) is 14.4 Å². The zero-order valence-corrected chi connectivity index (χ0v) is 22.7. The Balaban J connectivity index is 0.00000368. The molecule has 1 atom stereocenters. The van der Waals surface area contributed by atoms with Gasteiger partial charge in [0.2, 0.25) is 0 Å². The summed E-state index contributed by atoms with van der Waals surface area (Å²) in [5, 5.41) is 10.2. The lowest BCUT2D eigenvalue weighted by Gasteiger charge is -2.32. The molecule has 2 aliphatic heterocycles. The molecule has 1 saturated heterocycles. The van der Waals surface area contributed by atoms with Gasteiger partial charge in [-0.25, -0.2) is 0 Å². The van der Waals surface area contributed by atoms with Crippen LogP contribution in [0.4, 0.5) is 22.0 Å². The average molecular weight is 604 g/mol. The Kier molecular flexibility index (Phi) is 8.61. The third-order valence-electron chi connectivity index (χ3n) is 7.92. The smallest absolute Gasteiger partial charge is 0.507 e. The molecule has 230 valence electrons. The Bertz CT molecular complexity index is 1490. The number of ether oxygens (including phenoxy) is 3. The summed E-state index contributed by atoms with van der Waals surface area (Å²) in [7, 11) is 0. The number of fused-ring (bicyclic) bond motifs is 2. The van der Waals surface area contributed by atoms with Gasteiger partial charge in [-0.2, -0.15) is 17.6 Å². The van der Waals surface area contributed by atoms with E-state index in [0.29, 0.717) is 43.5 Å². The molecule has 3 aromatic carbocycles. The van der Waals surface area contributed by atoms with E-state index in [4.69, 9.17) is 4.74 Å². The maximum Gasteiger partial charge on any atom is 0.507 e. The molecule has 3 aromatic rings. The maximum atomic E-state index is 14.0. The largest absolute Gasteiger partial charge is 0.508 e. The highest BCUT2D eigenvalue weighted by Gasteiger charge is 2.66. The first-order valence-electron chi connectivity index (χ1n) is 14.0. The van der Waals surface area contributed by atoms with Crippen molar-refractivity contribution in [1.29, 1.82) is 0 Å². The van der Waals surface area contributed by atoms with E-state index < -0.39 is 23.7 Å². The Hall–Kier alpha value is -3.79. The number of nitrogens with zero attached hydrogens (tertiary/aromatic N) is 1. The van der Waals surface area contributed by atoms with Crippen molar-refractivity contribution in [3.63, 3.8) is 0 Å². The van der Waals surface area contributed by atoms with Crippen molar-refractivity contribution in [3.8, 4) is 23.0 Å². The number of halogens is 5. The summed E-state index contributed by atoms with van der Waals surface area (Å²) in [5.74, 6) is -0.0982. The van der Waals surface area contributed by atoms with Crippen LogP contribution in [0, 0.1) is 0 Å². The monoisotopic (exact) mass is 603 g/mol. The highest BCUT2D eigenvalue weighted by atomic mass is 19.3. The molecule has 0 bridgehead atoms. The summed E-state index contributed by atoms with van der Waals surface area (Å²) in [5.41, 5.74) is 4.84. The normalized spacial score (nSPS) is 20.6. The molecule has 0 aromatic heterocycles. The number of benzene rings is 3. The standard InChI is InChI=1S/C32H30F5NO4.CH4/c33-14-2-15-38-16-13-25(19-38)40-24-9-5-20(6-10-24)30-26(4-1-3-21-17-23(39)8-11-27(21)30)22-7-12-28-29(18-22)42-32(36,37)31(34,35)41-28;/h5-12,17-18,25,39H,1-4,13-16,19H2;1H4/t25-;/m0./s1. The van der Waals surface area contributed by atoms with E-state index in [9.17, 15) is 27.1 Å². The molecular formula is C33H34F5NO4. The lowest BCUT2D eigenvalue weighted by atomic mass is 9.87. The van der Waals surface area contributed by atoms with Gasteiger partial charge in [-0.1, -0.05) is 31.7 Å². The number of allylic oxidation sites excluding steroid dienone is 1. The van der Waals surface area contributed by atoms with E-state index >= 15 is 0 Å². The van der Waals surface area contributed by atoms with Crippen LogP contribution < -0.4 is 14.2 Å². The first kappa shape index (κ1) is 30.7. The quantitative estimate of drug-likeness (QED) is 0.277. The van der Waals surface area contributed by atoms with Gasteiger partial charge in [0.1, 0.15) is 17.6 Å². The molecule has 1 aliphatic carbocycles. The second kappa shape index (κ2) is 12.1. The van der Waals surface area contributed by atoms with Crippen LogP contribution in [0.1, 0.15) is 55.4 Å². The number of hydrogen-bond acceptors (Lipinski definition) is 5. The van der Waals surface area contributed by atoms with E-state index in [1.54, 1.807) is 18.2 Å². The van der Waals surface area contributed by atoms with E-state index in [1.807, 2.05) is 30.3 Å². The molecular weight excluding hydrogens is 569 g/mol. The first-order valence-corrected chi connectivity index (χ1v) is 14.0. The van der Waals surface area contributed by atoms with E-state index in [0.717, 1.165) is 47.3 Å². The van der Waals surface area contributed by atoms with Crippen molar-refractivity contribution in [1.82, 2.24) is 4.90 Å². The summed E-state index contributed by atoms with van der Waals surface area (Å²) >= 11 is 0. The van der Waals surface area contributed by atoms with E-state index in [1.165, 1.54) is 12.1 Å². The molecule has 0 amide bonds. The fraction of sp³-hybridized carbons (Fsp3) is 0.394. The molecule has 1 fully saturated rings. The fourth-order valence-corrected chi connectivity index (χ4v) is 5.92.